The van der Waals surface area contributed by atoms with E-state index in [1.54, 1.807) is 0 Å². The molecule has 0 bridgehead atoms. The largest absolute Gasteiger partial charge is 0.393 e. The van der Waals surface area contributed by atoms with Crippen molar-refractivity contribution in [2.75, 3.05) is 25.0 Å². The summed E-state index contributed by atoms with van der Waals surface area (Å²) in [4.78, 5) is 2.71. The number of hydrogen-bond acceptors (Lipinski definition) is 5. The van der Waals surface area contributed by atoms with E-state index in [-0.39, 0.29) is 29.0 Å². The van der Waals surface area contributed by atoms with Gasteiger partial charge in [-0.25, -0.2) is 0 Å². The molecule has 2 aliphatic heterocycles. The van der Waals surface area contributed by atoms with Crippen LogP contribution in [0.15, 0.2) is 54.6 Å². The van der Waals surface area contributed by atoms with Crippen LogP contribution in [0, 0.1) is 64.1 Å². The molecule has 9 rings (SSSR count). The van der Waals surface area contributed by atoms with Gasteiger partial charge in [0.15, 0.2) is 0 Å². The molecule has 15 unspecified atom stereocenters. The molecule has 2 saturated heterocycles. The molecule has 2 aromatic rings. The van der Waals surface area contributed by atoms with E-state index in [0.717, 1.165) is 76.8 Å². The zero-order chi connectivity index (χ0) is 35.8. The molecule has 4 N–H and O–H groups in total. The Labute approximate surface area is 314 Å². The Bertz CT molecular complexity index is 1560. The first kappa shape index (κ1) is 35.8. The second-order valence-corrected chi connectivity index (χ2v) is 20.3. The number of nitrogens with one attached hydrogen (secondary N) is 1. The normalized spacial score (nSPS) is 46.9. The number of aliphatic hydroxyl groups excluding tert-OH is 2. The number of rotatable bonds is 7. The van der Waals surface area contributed by atoms with Crippen molar-refractivity contribution in [3.8, 4) is 0 Å². The monoisotopic (exact) mass is 709 g/mol. The molecule has 2 aromatic carbocycles. The molecule has 5 heteroatoms. The van der Waals surface area contributed by atoms with Gasteiger partial charge in [0.25, 0.3) is 0 Å². The molecular weight excluding hydrogens is 641 g/mol. The lowest BCUT2D eigenvalue weighted by Crippen LogP contribution is -2.67. The van der Waals surface area contributed by atoms with Crippen LogP contribution in [0.4, 0.5) is 5.69 Å². The van der Waals surface area contributed by atoms with Crippen molar-refractivity contribution in [2.45, 2.75) is 135 Å². The van der Waals surface area contributed by atoms with Gasteiger partial charge in [-0.1, -0.05) is 56.3 Å². The molecular formula is C47H68N2O3. The number of hydrogen-bond donors (Lipinski definition) is 4. The zero-order valence-corrected chi connectivity index (χ0v) is 32.4. The van der Waals surface area contributed by atoms with Gasteiger partial charge >= 0.3 is 0 Å². The number of aliphatic hydroxyl groups is 3. The predicted molar refractivity (Wildman–Crippen MR) is 210 cm³/mol. The first-order valence-electron chi connectivity index (χ1n) is 21.7. The van der Waals surface area contributed by atoms with Crippen molar-refractivity contribution in [1.29, 1.82) is 0 Å². The molecule has 5 aliphatic carbocycles. The van der Waals surface area contributed by atoms with Crippen LogP contribution in [0.1, 0.15) is 109 Å². The number of benzene rings is 2. The van der Waals surface area contributed by atoms with Crippen LogP contribution in [-0.4, -0.2) is 63.7 Å². The van der Waals surface area contributed by atoms with E-state index in [1.165, 1.54) is 55.5 Å². The highest BCUT2D eigenvalue weighted by atomic mass is 16.3. The third-order valence-corrected chi connectivity index (χ3v) is 17.5. The third kappa shape index (κ3) is 6.11. The number of fused-ring (bicyclic) bond motifs is 8. The van der Waals surface area contributed by atoms with Crippen molar-refractivity contribution in [2.24, 2.45) is 64.1 Å². The van der Waals surface area contributed by atoms with E-state index in [9.17, 15) is 15.3 Å². The van der Waals surface area contributed by atoms with Crippen LogP contribution >= 0.6 is 0 Å². The van der Waals surface area contributed by atoms with Gasteiger partial charge < -0.3 is 20.6 Å². The molecule has 2 heterocycles. The first-order chi connectivity index (χ1) is 25.0. The van der Waals surface area contributed by atoms with E-state index in [4.69, 9.17) is 0 Å². The molecule has 0 aromatic heterocycles. The van der Waals surface area contributed by atoms with Gasteiger partial charge in [0.05, 0.1) is 17.8 Å². The Hall–Kier alpha value is -1.92. The van der Waals surface area contributed by atoms with E-state index >= 15 is 0 Å². The molecule has 7 aliphatic rings. The summed E-state index contributed by atoms with van der Waals surface area (Å²) in [5.74, 6) is 5.19. The second kappa shape index (κ2) is 13.7. The van der Waals surface area contributed by atoms with Crippen molar-refractivity contribution >= 4 is 5.69 Å². The summed E-state index contributed by atoms with van der Waals surface area (Å²) in [6.07, 6.45) is 15.1. The Morgan fingerprint density at radius 2 is 1.60 bits per heavy atom. The molecule has 0 amide bonds. The van der Waals surface area contributed by atoms with Gasteiger partial charge in [0.2, 0.25) is 0 Å². The van der Waals surface area contributed by atoms with Crippen LogP contribution in [0.5, 0.6) is 0 Å². The number of aryl methyl sites for hydroxylation is 1. The maximum absolute atomic E-state index is 12.2. The van der Waals surface area contributed by atoms with Gasteiger partial charge in [0.1, 0.15) is 0 Å². The van der Waals surface area contributed by atoms with E-state index < -0.39 is 5.60 Å². The first-order valence-corrected chi connectivity index (χ1v) is 21.7. The van der Waals surface area contributed by atoms with E-state index in [1.807, 2.05) is 0 Å². The molecule has 284 valence electrons. The second-order valence-electron chi connectivity index (χ2n) is 20.3. The quantitative estimate of drug-likeness (QED) is 0.233. The van der Waals surface area contributed by atoms with Crippen molar-refractivity contribution in [1.82, 2.24) is 4.90 Å². The molecule has 0 radical (unpaired) electrons. The highest BCUT2D eigenvalue weighted by Gasteiger charge is 2.67. The van der Waals surface area contributed by atoms with Crippen LogP contribution in [-0.2, 0) is 12.8 Å². The summed E-state index contributed by atoms with van der Waals surface area (Å²) in [5, 5.41) is 39.7. The number of piperidine rings is 2. The highest BCUT2D eigenvalue weighted by Crippen LogP contribution is 2.70. The number of anilines is 1. The molecule has 5 saturated carbocycles. The predicted octanol–water partition coefficient (Wildman–Crippen LogP) is 8.36. The minimum Gasteiger partial charge on any atom is -0.393 e. The van der Waals surface area contributed by atoms with Gasteiger partial charge in [-0.2, -0.15) is 0 Å². The van der Waals surface area contributed by atoms with Gasteiger partial charge in [-0.15, -0.1) is 0 Å². The Balaban J connectivity index is 0.872. The summed E-state index contributed by atoms with van der Waals surface area (Å²) in [6.45, 7) is 10.4. The van der Waals surface area contributed by atoms with Crippen LogP contribution in [0.2, 0.25) is 0 Å². The minimum absolute atomic E-state index is 0.000334. The van der Waals surface area contributed by atoms with Gasteiger partial charge in [0, 0.05) is 31.4 Å². The fourth-order valence-corrected chi connectivity index (χ4v) is 15.2. The average molecular weight is 709 g/mol. The van der Waals surface area contributed by atoms with Crippen molar-refractivity contribution in [3.63, 3.8) is 0 Å². The summed E-state index contributed by atoms with van der Waals surface area (Å²) in [7, 11) is 0. The maximum atomic E-state index is 12.2. The standard InChI is InChI=1S/C47H68N2O3/c1-30-12-17-43-46(3,52)39-16-15-35-36(38(39)28-49(43)27-30)23-40-37(35)24-42(50)41-25-44(51)47(29-45(40,41)2)20-18-33(26-47)14-13-32-10-7-11-34(22-32)48-21-19-31-8-5-4-6-9-31/h4-11,22,30,33,35-44,48,50-52H,12-21,23-29H2,1-3H3. The van der Waals surface area contributed by atoms with Gasteiger partial charge in [-0.05, 0) is 184 Å². The highest BCUT2D eigenvalue weighted by molar-refractivity contribution is 5.46. The van der Waals surface area contributed by atoms with Crippen molar-refractivity contribution in [3.05, 3.63) is 65.7 Å². The summed E-state index contributed by atoms with van der Waals surface area (Å²) >= 11 is 0. The molecule has 1 spiro atoms. The molecule has 7 fully saturated rings. The van der Waals surface area contributed by atoms with E-state index in [0.29, 0.717) is 47.5 Å². The minimum atomic E-state index is -0.591. The lowest BCUT2D eigenvalue weighted by Gasteiger charge is -2.60. The third-order valence-electron chi connectivity index (χ3n) is 17.5. The summed E-state index contributed by atoms with van der Waals surface area (Å²) < 4.78 is 0. The lowest BCUT2D eigenvalue weighted by molar-refractivity contribution is -0.180. The molecule has 15 atom stereocenters. The zero-order valence-electron chi connectivity index (χ0n) is 32.4. The average Bonchev–Trinajstić information content (AvgIpc) is 3.72. The Kier molecular flexibility index (Phi) is 9.41. The topological polar surface area (TPSA) is 76.0 Å². The van der Waals surface area contributed by atoms with Crippen LogP contribution in [0.3, 0.4) is 0 Å². The van der Waals surface area contributed by atoms with Crippen LogP contribution in [0.25, 0.3) is 0 Å². The molecule has 5 nitrogen and oxygen atoms in total. The maximum Gasteiger partial charge on any atom is 0.0805 e. The van der Waals surface area contributed by atoms with E-state index in [2.05, 4.69) is 85.6 Å². The SMILES string of the molecule is CC1CCC2N(C1)CC1C3CC4C(CC(O)C5CC(O)C6(CCC(CCc7cccc(NCCc8ccccc8)c7)C6)CC54C)C3CCC1C2(C)O. The lowest BCUT2D eigenvalue weighted by atomic mass is 9.46. The summed E-state index contributed by atoms with van der Waals surface area (Å²) in [5.41, 5.74) is 3.50. The van der Waals surface area contributed by atoms with Gasteiger partial charge in [-0.3, -0.25) is 4.90 Å². The fourth-order valence-electron chi connectivity index (χ4n) is 15.2. The Morgan fingerprint density at radius 1 is 0.769 bits per heavy atom. The fraction of sp³-hybridized carbons (Fsp3) is 0.745. The smallest absolute Gasteiger partial charge is 0.0805 e. The van der Waals surface area contributed by atoms with Crippen molar-refractivity contribution < 1.29 is 15.3 Å². The summed E-state index contributed by atoms with van der Waals surface area (Å²) in [6, 6.07) is 20.1. The number of nitrogens with zero attached hydrogens (tertiary/aromatic N) is 1. The van der Waals surface area contributed by atoms with Crippen LogP contribution < -0.4 is 5.32 Å². The Morgan fingerprint density at radius 3 is 2.44 bits per heavy atom. The molecule has 52 heavy (non-hydrogen) atoms.